The van der Waals surface area contributed by atoms with E-state index in [-0.39, 0.29) is 30.6 Å². The fourth-order valence-electron chi connectivity index (χ4n) is 3.03. The summed E-state index contributed by atoms with van der Waals surface area (Å²) in [4.78, 5) is 49.6. The number of aliphatic hydroxyl groups excluding tert-OH is 1. The molecule has 1 aromatic rings. The molecular formula is C16H17N3O5. The monoisotopic (exact) mass is 331 g/mol. The van der Waals surface area contributed by atoms with Gasteiger partial charge in [0.1, 0.15) is 6.04 Å². The van der Waals surface area contributed by atoms with E-state index in [4.69, 9.17) is 5.11 Å². The third-order valence-electron chi connectivity index (χ3n) is 4.16. The average Bonchev–Trinajstić information content (AvgIpc) is 2.81. The van der Waals surface area contributed by atoms with Gasteiger partial charge in [0, 0.05) is 19.5 Å². The molecule has 1 saturated heterocycles. The molecule has 126 valence electrons. The summed E-state index contributed by atoms with van der Waals surface area (Å²) in [7, 11) is 0. The van der Waals surface area contributed by atoms with Crippen molar-refractivity contribution in [3.8, 4) is 0 Å². The van der Waals surface area contributed by atoms with Gasteiger partial charge in [-0.25, -0.2) is 0 Å². The predicted molar refractivity (Wildman–Crippen MR) is 81.9 cm³/mol. The van der Waals surface area contributed by atoms with Crippen LogP contribution in [0.3, 0.4) is 0 Å². The number of hydrogen-bond acceptors (Lipinski definition) is 6. The van der Waals surface area contributed by atoms with E-state index in [2.05, 4.69) is 10.6 Å². The molecule has 0 aliphatic carbocycles. The lowest BCUT2D eigenvalue weighted by molar-refractivity contribution is -0.136. The summed E-state index contributed by atoms with van der Waals surface area (Å²) in [5, 5.41) is 14.0. The molecule has 1 unspecified atom stereocenters. The minimum atomic E-state index is -0.964. The van der Waals surface area contributed by atoms with Crippen LogP contribution in [0.15, 0.2) is 18.2 Å². The minimum absolute atomic E-state index is 0.0374. The van der Waals surface area contributed by atoms with Crippen LogP contribution in [-0.2, 0) is 16.1 Å². The van der Waals surface area contributed by atoms with Gasteiger partial charge in [0.15, 0.2) is 0 Å². The molecule has 0 bridgehead atoms. The molecule has 3 rings (SSSR count). The highest BCUT2D eigenvalue weighted by molar-refractivity contribution is 6.24. The van der Waals surface area contributed by atoms with E-state index in [0.29, 0.717) is 18.7 Å². The van der Waals surface area contributed by atoms with Crippen molar-refractivity contribution in [3.63, 3.8) is 0 Å². The Bertz CT molecular complexity index is 730. The first kappa shape index (κ1) is 16.3. The summed E-state index contributed by atoms with van der Waals surface area (Å²) in [5.41, 5.74) is 1.17. The zero-order valence-electron chi connectivity index (χ0n) is 12.9. The number of rotatable bonds is 5. The first-order valence-corrected chi connectivity index (χ1v) is 7.69. The fourth-order valence-corrected chi connectivity index (χ4v) is 3.03. The van der Waals surface area contributed by atoms with Gasteiger partial charge in [0.25, 0.3) is 11.8 Å². The molecule has 0 aromatic heterocycles. The number of nitrogens with zero attached hydrogens (tertiary/aromatic N) is 1. The highest BCUT2D eigenvalue weighted by atomic mass is 16.3. The fraction of sp³-hybridized carbons (Fsp3) is 0.375. The number of nitrogens with one attached hydrogen (secondary N) is 2. The van der Waals surface area contributed by atoms with E-state index in [1.165, 1.54) is 0 Å². The summed E-state index contributed by atoms with van der Waals surface area (Å²) >= 11 is 0. The van der Waals surface area contributed by atoms with Crippen LogP contribution < -0.4 is 10.6 Å². The zero-order valence-corrected chi connectivity index (χ0v) is 12.9. The van der Waals surface area contributed by atoms with Crippen molar-refractivity contribution in [1.29, 1.82) is 0 Å². The number of fused-ring (bicyclic) bond motifs is 1. The number of carbonyl (C=O) groups is 4. The van der Waals surface area contributed by atoms with Crippen molar-refractivity contribution in [1.82, 2.24) is 15.5 Å². The minimum Gasteiger partial charge on any atom is -0.395 e. The van der Waals surface area contributed by atoms with Gasteiger partial charge >= 0.3 is 0 Å². The van der Waals surface area contributed by atoms with E-state index >= 15 is 0 Å². The molecule has 8 heteroatoms. The molecule has 2 heterocycles. The molecule has 0 saturated carbocycles. The van der Waals surface area contributed by atoms with Crippen LogP contribution in [0.1, 0.15) is 39.1 Å². The number of amides is 4. The van der Waals surface area contributed by atoms with Gasteiger partial charge in [0.2, 0.25) is 11.8 Å². The smallest absolute Gasteiger partial charge is 0.262 e. The molecule has 2 aliphatic heterocycles. The van der Waals surface area contributed by atoms with Gasteiger partial charge < -0.3 is 10.4 Å². The average molecular weight is 331 g/mol. The first-order chi connectivity index (χ1) is 11.5. The van der Waals surface area contributed by atoms with Crippen LogP contribution in [0, 0.1) is 0 Å². The molecule has 1 atom stereocenters. The van der Waals surface area contributed by atoms with Crippen LogP contribution in [0.25, 0.3) is 0 Å². The van der Waals surface area contributed by atoms with Crippen molar-refractivity contribution in [2.75, 3.05) is 13.2 Å². The van der Waals surface area contributed by atoms with E-state index in [1.54, 1.807) is 18.2 Å². The van der Waals surface area contributed by atoms with Crippen molar-refractivity contribution in [2.45, 2.75) is 25.4 Å². The Morgan fingerprint density at radius 1 is 1.21 bits per heavy atom. The third-order valence-corrected chi connectivity index (χ3v) is 4.16. The molecule has 1 aromatic carbocycles. The number of hydrogen-bond donors (Lipinski definition) is 3. The Morgan fingerprint density at radius 2 is 2.00 bits per heavy atom. The van der Waals surface area contributed by atoms with Crippen LogP contribution >= 0.6 is 0 Å². The molecule has 1 fully saturated rings. The zero-order chi connectivity index (χ0) is 17.3. The van der Waals surface area contributed by atoms with Crippen molar-refractivity contribution >= 4 is 23.6 Å². The van der Waals surface area contributed by atoms with Crippen LogP contribution in [-0.4, -0.2) is 52.8 Å². The van der Waals surface area contributed by atoms with Crippen molar-refractivity contribution in [3.05, 3.63) is 34.9 Å². The molecule has 3 N–H and O–H groups in total. The SMILES string of the molecule is O=C1CCC(N2C(=O)c3cccc(CNCCO)c3C2=O)C(=O)N1. The van der Waals surface area contributed by atoms with Gasteiger partial charge in [-0.1, -0.05) is 12.1 Å². The number of piperidine rings is 1. The van der Waals surface area contributed by atoms with Gasteiger partial charge in [0.05, 0.1) is 17.7 Å². The Morgan fingerprint density at radius 3 is 2.71 bits per heavy atom. The largest absolute Gasteiger partial charge is 0.395 e. The Hall–Kier alpha value is -2.58. The Labute approximate surface area is 137 Å². The molecule has 24 heavy (non-hydrogen) atoms. The van der Waals surface area contributed by atoms with E-state index < -0.39 is 29.7 Å². The molecule has 2 aliphatic rings. The van der Waals surface area contributed by atoms with E-state index in [0.717, 1.165) is 4.90 Å². The first-order valence-electron chi connectivity index (χ1n) is 7.69. The summed E-state index contributed by atoms with van der Waals surface area (Å²) in [6.07, 6.45) is 0.225. The highest BCUT2D eigenvalue weighted by Gasteiger charge is 2.45. The third kappa shape index (κ3) is 2.70. The summed E-state index contributed by atoms with van der Waals surface area (Å²) in [6.45, 7) is 0.652. The topological polar surface area (TPSA) is 116 Å². The molecular weight excluding hydrogens is 314 g/mol. The number of benzene rings is 1. The van der Waals surface area contributed by atoms with Crippen molar-refractivity contribution < 1.29 is 24.3 Å². The van der Waals surface area contributed by atoms with Gasteiger partial charge in [-0.05, 0) is 18.1 Å². The summed E-state index contributed by atoms with van der Waals surface area (Å²) < 4.78 is 0. The molecule has 8 nitrogen and oxygen atoms in total. The second-order valence-electron chi connectivity index (χ2n) is 5.69. The maximum absolute atomic E-state index is 12.8. The highest BCUT2D eigenvalue weighted by Crippen LogP contribution is 2.29. The normalized spacial score (nSPS) is 20.4. The second-order valence-corrected chi connectivity index (χ2v) is 5.69. The summed E-state index contributed by atoms with van der Waals surface area (Å²) in [5.74, 6) is -2.07. The van der Waals surface area contributed by atoms with Gasteiger partial charge in [-0.2, -0.15) is 0 Å². The lowest BCUT2D eigenvalue weighted by Gasteiger charge is -2.27. The maximum Gasteiger partial charge on any atom is 0.262 e. The van der Waals surface area contributed by atoms with Crippen LogP contribution in [0.5, 0.6) is 0 Å². The van der Waals surface area contributed by atoms with Crippen LogP contribution in [0.4, 0.5) is 0 Å². The Balaban J connectivity index is 1.89. The maximum atomic E-state index is 12.8. The van der Waals surface area contributed by atoms with Crippen molar-refractivity contribution in [2.24, 2.45) is 0 Å². The molecule has 4 amide bonds. The standard InChI is InChI=1S/C16H17N3O5/c20-7-6-17-8-9-2-1-3-10-13(9)16(24)19(15(10)23)11-4-5-12(21)18-14(11)22/h1-3,11,17,20H,4-8H2,(H,18,21,22). The van der Waals surface area contributed by atoms with Crippen LogP contribution in [0.2, 0.25) is 0 Å². The molecule has 0 spiro atoms. The van der Waals surface area contributed by atoms with Gasteiger partial charge in [-0.15, -0.1) is 0 Å². The quantitative estimate of drug-likeness (QED) is 0.479. The number of aliphatic hydroxyl groups is 1. The second kappa shape index (κ2) is 6.50. The predicted octanol–water partition coefficient (Wildman–Crippen LogP) is -0.830. The lowest BCUT2D eigenvalue weighted by atomic mass is 10.0. The lowest BCUT2D eigenvalue weighted by Crippen LogP contribution is -2.54. The molecule has 0 radical (unpaired) electrons. The Kier molecular flexibility index (Phi) is 4.41. The van der Waals surface area contributed by atoms with Gasteiger partial charge in [-0.3, -0.25) is 29.4 Å². The number of imide groups is 2. The number of carbonyl (C=O) groups excluding carboxylic acids is 4. The summed E-state index contributed by atoms with van der Waals surface area (Å²) in [6, 6.07) is 3.99. The van der Waals surface area contributed by atoms with E-state index in [1.807, 2.05) is 0 Å². The van der Waals surface area contributed by atoms with E-state index in [9.17, 15) is 19.2 Å².